The molecule has 14 heavy (non-hydrogen) atoms. The third-order valence-electron chi connectivity index (χ3n) is 4.54. The van der Waals surface area contributed by atoms with Gasteiger partial charge >= 0.3 is 0 Å². The average molecular weight is 195 g/mol. The van der Waals surface area contributed by atoms with Crippen LogP contribution in [0.25, 0.3) is 0 Å². The molecule has 0 saturated heterocycles. The maximum Gasteiger partial charge on any atom is -0.00175 e. The fraction of sp³-hybridized carbons (Fsp3) is 1.00. The highest BCUT2D eigenvalue weighted by molar-refractivity contribution is 5.03. The van der Waals surface area contributed by atoms with Gasteiger partial charge in [0.1, 0.15) is 0 Å². The fourth-order valence-corrected chi connectivity index (χ4v) is 4.17. The van der Waals surface area contributed by atoms with Gasteiger partial charge in [0.25, 0.3) is 0 Å². The van der Waals surface area contributed by atoms with Crippen molar-refractivity contribution in [3.05, 3.63) is 0 Å². The first-order chi connectivity index (χ1) is 6.58. The predicted molar refractivity (Wildman–Crippen MR) is 61.1 cm³/mol. The summed E-state index contributed by atoms with van der Waals surface area (Å²) in [6.07, 6.45) is 10.0. The standard InChI is InChI=1S/C13H25N/c1-12(2)8-13(9-12,10-14)11-6-4-3-5-7-11/h11H,3-10,14H2,1-2H3. The summed E-state index contributed by atoms with van der Waals surface area (Å²) in [7, 11) is 0. The minimum absolute atomic E-state index is 0.546. The quantitative estimate of drug-likeness (QED) is 0.718. The lowest BCUT2D eigenvalue weighted by atomic mass is 9.48. The first-order valence-corrected chi connectivity index (χ1v) is 6.28. The van der Waals surface area contributed by atoms with Gasteiger partial charge < -0.3 is 5.73 Å². The lowest BCUT2D eigenvalue weighted by Gasteiger charge is -2.58. The minimum Gasteiger partial charge on any atom is -0.330 e. The zero-order valence-electron chi connectivity index (χ0n) is 9.81. The van der Waals surface area contributed by atoms with Crippen LogP contribution in [0.4, 0.5) is 0 Å². The van der Waals surface area contributed by atoms with Gasteiger partial charge in [-0.1, -0.05) is 33.1 Å². The molecule has 0 heterocycles. The summed E-state index contributed by atoms with van der Waals surface area (Å²) in [4.78, 5) is 0. The topological polar surface area (TPSA) is 26.0 Å². The molecule has 2 rings (SSSR count). The molecular formula is C13H25N. The van der Waals surface area contributed by atoms with Crippen LogP contribution in [0, 0.1) is 16.7 Å². The van der Waals surface area contributed by atoms with Crippen LogP contribution in [-0.4, -0.2) is 6.54 Å². The van der Waals surface area contributed by atoms with E-state index in [0.29, 0.717) is 10.8 Å². The highest BCUT2D eigenvalue weighted by Gasteiger charge is 2.52. The third kappa shape index (κ3) is 1.71. The number of nitrogens with two attached hydrogens (primary N) is 1. The minimum atomic E-state index is 0.546. The molecule has 0 aliphatic heterocycles. The molecule has 0 aromatic rings. The second kappa shape index (κ2) is 3.52. The Morgan fingerprint density at radius 3 is 2.07 bits per heavy atom. The molecule has 1 nitrogen and oxygen atoms in total. The molecule has 0 amide bonds. The smallest absolute Gasteiger partial charge is 0.00175 e. The third-order valence-corrected chi connectivity index (χ3v) is 4.54. The van der Waals surface area contributed by atoms with E-state index in [1.807, 2.05) is 0 Å². The van der Waals surface area contributed by atoms with Gasteiger partial charge in [-0.05, 0) is 49.0 Å². The summed E-state index contributed by atoms with van der Waals surface area (Å²) in [5.41, 5.74) is 7.15. The van der Waals surface area contributed by atoms with E-state index in [0.717, 1.165) is 12.5 Å². The Hall–Kier alpha value is -0.0400. The van der Waals surface area contributed by atoms with Gasteiger partial charge in [0, 0.05) is 0 Å². The SMILES string of the molecule is CC1(C)CC(CN)(C2CCCCC2)C1. The van der Waals surface area contributed by atoms with Gasteiger partial charge in [-0.25, -0.2) is 0 Å². The second-order valence-corrected chi connectivity index (χ2v) is 6.42. The van der Waals surface area contributed by atoms with Crippen molar-refractivity contribution < 1.29 is 0 Å². The zero-order chi connectivity index (χ0) is 10.2. The van der Waals surface area contributed by atoms with Crippen LogP contribution in [0.1, 0.15) is 58.8 Å². The van der Waals surface area contributed by atoms with Crippen molar-refractivity contribution in [1.82, 2.24) is 0 Å². The van der Waals surface area contributed by atoms with Crippen molar-refractivity contribution in [1.29, 1.82) is 0 Å². The average Bonchev–Trinajstić information content (AvgIpc) is 2.15. The Labute approximate surface area is 88.4 Å². The highest BCUT2D eigenvalue weighted by atomic mass is 14.7. The monoisotopic (exact) mass is 195 g/mol. The predicted octanol–water partition coefficient (Wildman–Crippen LogP) is 3.33. The molecule has 1 heteroatoms. The molecule has 2 saturated carbocycles. The molecule has 2 aliphatic rings. The van der Waals surface area contributed by atoms with Gasteiger partial charge in [-0.15, -0.1) is 0 Å². The van der Waals surface area contributed by atoms with Gasteiger partial charge in [0.2, 0.25) is 0 Å². The molecule has 0 aromatic heterocycles. The molecule has 2 N–H and O–H groups in total. The second-order valence-electron chi connectivity index (χ2n) is 6.42. The van der Waals surface area contributed by atoms with Gasteiger partial charge in [0.15, 0.2) is 0 Å². The van der Waals surface area contributed by atoms with Crippen LogP contribution < -0.4 is 5.73 Å². The largest absolute Gasteiger partial charge is 0.330 e. The van der Waals surface area contributed by atoms with E-state index in [1.54, 1.807) is 0 Å². The molecule has 0 unspecified atom stereocenters. The number of rotatable bonds is 2. The Bertz CT molecular complexity index is 193. The molecule has 2 fully saturated rings. The maximum absolute atomic E-state index is 6.02. The van der Waals surface area contributed by atoms with Crippen LogP contribution in [-0.2, 0) is 0 Å². The molecule has 0 atom stereocenters. The van der Waals surface area contributed by atoms with Crippen molar-refractivity contribution >= 4 is 0 Å². The summed E-state index contributed by atoms with van der Waals surface area (Å²) in [5.74, 6) is 0.953. The van der Waals surface area contributed by atoms with Crippen LogP contribution in [0.5, 0.6) is 0 Å². The van der Waals surface area contributed by atoms with Gasteiger partial charge in [0.05, 0.1) is 0 Å². The van der Waals surface area contributed by atoms with E-state index in [4.69, 9.17) is 5.73 Å². The van der Waals surface area contributed by atoms with Crippen molar-refractivity contribution in [3.8, 4) is 0 Å². The lowest BCUT2D eigenvalue weighted by molar-refractivity contribution is -0.0659. The molecule has 82 valence electrons. The molecular weight excluding hydrogens is 170 g/mol. The van der Waals surface area contributed by atoms with E-state index >= 15 is 0 Å². The van der Waals surface area contributed by atoms with Crippen LogP contribution in [0.15, 0.2) is 0 Å². The molecule has 0 aromatic carbocycles. The number of hydrogen-bond acceptors (Lipinski definition) is 1. The van der Waals surface area contributed by atoms with Crippen LogP contribution in [0.3, 0.4) is 0 Å². The Balaban J connectivity index is 1.99. The van der Waals surface area contributed by atoms with Crippen molar-refractivity contribution in [3.63, 3.8) is 0 Å². The normalized spacial score (nSPS) is 31.1. The summed E-state index contributed by atoms with van der Waals surface area (Å²) < 4.78 is 0. The first kappa shape index (κ1) is 10.5. The molecule has 2 aliphatic carbocycles. The zero-order valence-corrected chi connectivity index (χ0v) is 9.81. The fourth-order valence-electron chi connectivity index (χ4n) is 4.17. The highest BCUT2D eigenvalue weighted by Crippen LogP contribution is 2.60. The van der Waals surface area contributed by atoms with E-state index in [1.165, 1.54) is 44.9 Å². The Morgan fingerprint density at radius 1 is 1.07 bits per heavy atom. The van der Waals surface area contributed by atoms with Crippen molar-refractivity contribution in [2.45, 2.75) is 58.8 Å². The van der Waals surface area contributed by atoms with Gasteiger partial charge in [-0.3, -0.25) is 0 Å². The van der Waals surface area contributed by atoms with E-state index in [2.05, 4.69) is 13.8 Å². The van der Waals surface area contributed by atoms with Crippen molar-refractivity contribution in [2.75, 3.05) is 6.54 Å². The van der Waals surface area contributed by atoms with E-state index in [-0.39, 0.29) is 0 Å². The summed E-state index contributed by atoms with van der Waals surface area (Å²) in [5, 5.41) is 0. The maximum atomic E-state index is 6.02. The Morgan fingerprint density at radius 2 is 1.64 bits per heavy atom. The molecule has 0 radical (unpaired) electrons. The molecule has 0 spiro atoms. The van der Waals surface area contributed by atoms with E-state index < -0.39 is 0 Å². The summed E-state index contributed by atoms with van der Waals surface area (Å²) in [6.45, 7) is 5.72. The van der Waals surface area contributed by atoms with E-state index in [9.17, 15) is 0 Å². The van der Waals surface area contributed by atoms with Gasteiger partial charge in [-0.2, -0.15) is 0 Å². The van der Waals surface area contributed by atoms with Crippen LogP contribution in [0.2, 0.25) is 0 Å². The van der Waals surface area contributed by atoms with Crippen molar-refractivity contribution in [2.24, 2.45) is 22.5 Å². The Kier molecular flexibility index (Phi) is 2.63. The van der Waals surface area contributed by atoms with Crippen LogP contribution >= 0.6 is 0 Å². The first-order valence-electron chi connectivity index (χ1n) is 6.28. The molecule has 0 bridgehead atoms. The number of hydrogen-bond donors (Lipinski definition) is 1. The summed E-state index contributed by atoms with van der Waals surface area (Å²) >= 11 is 0. The summed E-state index contributed by atoms with van der Waals surface area (Å²) in [6, 6.07) is 0. The lowest BCUT2D eigenvalue weighted by Crippen LogP contribution is -2.52.